The SMILES string of the molecule is CCOc1cccc(N(CC(=O)N[C@@H](C)c2ccc3c(c2)OCCO3)S(C)(=O)=O)c1. The van der Waals surface area contributed by atoms with Gasteiger partial charge in [0.25, 0.3) is 0 Å². The maximum atomic E-state index is 12.7. The maximum Gasteiger partial charge on any atom is 0.241 e. The predicted molar refractivity (Wildman–Crippen MR) is 114 cm³/mol. The molecular formula is C21H26N2O6S. The summed E-state index contributed by atoms with van der Waals surface area (Å²) < 4.78 is 42.2. The summed E-state index contributed by atoms with van der Waals surface area (Å²) in [5.74, 6) is 1.41. The van der Waals surface area contributed by atoms with E-state index in [0.29, 0.717) is 42.8 Å². The summed E-state index contributed by atoms with van der Waals surface area (Å²) in [6.07, 6.45) is 1.07. The Kier molecular flexibility index (Phi) is 6.71. The predicted octanol–water partition coefficient (Wildman–Crippen LogP) is 2.50. The van der Waals surface area contributed by atoms with Crippen molar-refractivity contribution < 1.29 is 27.4 Å². The standard InChI is InChI=1S/C21H26N2O6S/c1-4-27-18-7-5-6-17(13-18)23(30(3,25)26)14-21(24)22-15(2)16-8-9-19-20(12-16)29-11-10-28-19/h5-9,12-13,15H,4,10-11,14H2,1-3H3,(H,22,24)/t15-/m0/s1. The van der Waals surface area contributed by atoms with Crippen molar-refractivity contribution in [2.75, 3.05) is 36.9 Å². The topological polar surface area (TPSA) is 94.2 Å². The van der Waals surface area contributed by atoms with Crippen LogP contribution >= 0.6 is 0 Å². The summed E-state index contributed by atoms with van der Waals surface area (Å²) in [6, 6.07) is 11.8. The number of carbonyl (C=O) groups is 1. The summed E-state index contributed by atoms with van der Waals surface area (Å²) >= 11 is 0. The lowest BCUT2D eigenvalue weighted by Crippen LogP contribution is -2.41. The highest BCUT2D eigenvalue weighted by Crippen LogP contribution is 2.32. The second-order valence-corrected chi connectivity index (χ2v) is 8.80. The van der Waals surface area contributed by atoms with Gasteiger partial charge in [-0.15, -0.1) is 0 Å². The van der Waals surface area contributed by atoms with E-state index in [1.807, 2.05) is 26.0 Å². The highest BCUT2D eigenvalue weighted by molar-refractivity contribution is 7.92. The van der Waals surface area contributed by atoms with Crippen molar-refractivity contribution in [2.24, 2.45) is 0 Å². The van der Waals surface area contributed by atoms with Gasteiger partial charge >= 0.3 is 0 Å². The molecule has 9 heteroatoms. The van der Waals surface area contributed by atoms with Gasteiger partial charge in [-0.05, 0) is 43.7 Å². The number of rotatable bonds is 8. The van der Waals surface area contributed by atoms with Gasteiger partial charge < -0.3 is 19.5 Å². The largest absolute Gasteiger partial charge is 0.494 e. The lowest BCUT2D eigenvalue weighted by Gasteiger charge is -2.24. The Balaban J connectivity index is 1.72. The molecule has 0 unspecified atom stereocenters. The van der Waals surface area contributed by atoms with Crippen LogP contribution in [-0.2, 0) is 14.8 Å². The van der Waals surface area contributed by atoms with E-state index in [4.69, 9.17) is 14.2 Å². The average molecular weight is 435 g/mol. The van der Waals surface area contributed by atoms with Crippen LogP contribution < -0.4 is 23.8 Å². The molecule has 0 aliphatic carbocycles. The number of hydrogen-bond donors (Lipinski definition) is 1. The van der Waals surface area contributed by atoms with Gasteiger partial charge in [0.1, 0.15) is 25.5 Å². The number of sulfonamides is 1. The fourth-order valence-corrected chi connectivity index (χ4v) is 3.97. The Hall–Kier alpha value is -2.94. The number of fused-ring (bicyclic) bond motifs is 1. The fraction of sp³-hybridized carbons (Fsp3) is 0.381. The van der Waals surface area contributed by atoms with Gasteiger partial charge in [0, 0.05) is 6.07 Å². The molecule has 0 fully saturated rings. The first-order valence-electron chi connectivity index (χ1n) is 9.67. The molecule has 30 heavy (non-hydrogen) atoms. The van der Waals surface area contributed by atoms with Crippen LogP contribution in [0, 0.1) is 0 Å². The van der Waals surface area contributed by atoms with Gasteiger partial charge in [0.2, 0.25) is 15.9 Å². The Bertz CT molecular complexity index is 1010. The van der Waals surface area contributed by atoms with Crippen LogP contribution in [0.4, 0.5) is 5.69 Å². The molecule has 0 saturated heterocycles. The molecule has 0 bridgehead atoms. The van der Waals surface area contributed by atoms with E-state index in [1.165, 1.54) is 0 Å². The van der Waals surface area contributed by atoms with Crippen LogP contribution in [0.25, 0.3) is 0 Å². The average Bonchev–Trinajstić information content (AvgIpc) is 2.71. The van der Waals surface area contributed by atoms with E-state index >= 15 is 0 Å². The second-order valence-electron chi connectivity index (χ2n) is 6.89. The molecular weight excluding hydrogens is 408 g/mol. The van der Waals surface area contributed by atoms with Crippen molar-refractivity contribution in [1.29, 1.82) is 0 Å². The number of amides is 1. The second kappa shape index (κ2) is 9.25. The van der Waals surface area contributed by atoms with E-state index < -0.39 is 15.9 Å². The van der Waals surface area contributed by atoms with E-state index in [0.717, 1.165) is 16.1 Å². The Morgan fingerprint density at radius 2 is 1.90 bits per heavy atom. The van der Waals surface area contributed by atoms with Crippen LogP contribution in [0.5, 0.6) is 17.2 Å². The molecule has 1 amide bonds. The summed E-state index contributed by atoms with van der Waals surface area (Å²) in [7, 11) is -3.68. The number of benzene rings is 2. The van der Waals surface area contributed by atoms with Gasteiger partial charge in [-0.3, -0.25) is 9.10 Å². The number of anilines is 1. The van der Waals surface area contributed by atoms with E-state index in [-0.39, 0.29) is 12.6 Å². The first-order chi connectivity index (χ1) is 14.3. The number of hydrogen-bond acceptors (Lipinski definition) is 6. The van der Waals surface area contributed by atoms with Crippen molar-refractivity contribution in [2.45, 2.75) is 19.9 Å². The third kappa shape index (κ3) is 5.35. The number of nitrogens with one attached hydrogen (secondary N) is 1. The van der Waals surface area contributed by atoms with Gasteiger partial charge in [-0.25, -0.2) is 8.42 Å². The third-order valence-electron chi connectivity index (χ3n) is 4.55. The molecule has 0 aromatic heterocycles. The third-order valence-corrected chi connectivity index (χ3v) is 5.69. The number of carbonyl (C=O) groups excluding carboxylic acids is 1. The summed E-state index contributed by atoms with van der Waals surface area (Å²) in [4.78, 5) is 12.7. The van der Waals surface area contributed by atoms with Crippen LogP contribution in [0.3, 0.4) is 0 Å². The number of ether oxygens (including phenoxy) is 3. The quantitative estimate of drug-likeness (QED) is 0.686. The summed E-state index contributed by atoms with van der Waals surface area (Å²) in [6.45, 7) is 4.75. The van der Waals surface area contributed by atoms with Gasteiger partial charge in [0.05, 0.1) is 24.6 Å². The lowest BCUT2D eigenvalue weighted by molar-refractivity contribution is -0.120. The molecule has 1 aliphatic rings. The molecule has 8 nitrogen and oxygen atoms in total. The minimum Gasteiger partial charge on any atom is -0.494 e. The highest BCUT2D eigenvalue weighted by Gasteiger charge is 2.23. The minimum atomic E-state index is -3.68. The molecule has 1 atom stereocenters. The Morgan fingerprint density at radius 3 is 2.60 bits per heavy atom. The molecule has 0 radical (unpaired) electrons. The van der Waals surface area contributed by atoms with Crippen LogP contribution in [0.15, 0.2) is 42.5 Å². The summed E-state index contributed by atoms with van der Waals surface area (Å²) in [5.41, 5.74) is 1.20. The van der Waals surface area contributed by atoms with Gasteiger partial charge in [0.15, 0.2) is 11.5 Å². The maximum absolute atomic E-state index is 12.7. The van der Waals surface area contributed by atoms with Crippen LogP contribution in [0.1, 0.15) is 25.5 Å². The molecule has 3 rings (SSSR count). The molecule has 2 aromatic carbocycles. The normalized spacial score (nSPS) is 14.0. The molecule has 2 aromatic rings. The van der Waals surface area contributed by atoms with Crippen LogP contribution in [0.2, 0.25) is 0 Å². The van der Waals surface area contributed by atoms with Crippen molar-refractivity contribution in [1.82, 2.24) is 5.32 Å². The fourth-order valence-electron chi connectivity index (χ4n) is 3.13. The van der Waals surface area contributed by atoms with E-state index in [9.17, 15) is 13.2 Å². The van der Waals surface area contributed by atoms with E-state index in [2.05, 4.69) is 5.32 Å². The molecule has 1 aliphatic heterocycles. The van der Waals surface area contributed by atoms with Crippen molar-refractivity contribution in [3.8, 4) is 17.2 Å². The van der Waals surface area contributed by atoms with Crippen molar-refractivity contribution >= 4 is 21.6 Å². The van der Waals surface area contributed by atoms with Crippen LogP contribution in [-0.4, -0.2) is 46.9 Å². The summed E-state index contributed by atoms with van der Waals surface area (Å²) in [5, 5.41) is 2.84. The molecule has 0 spiro atoms. The first-order valence-corrected chi connectivity index (χ1v) is 11.5. The number of nitrogens with zero attached hydrogens (tertiary/aromatic N) is 1. The molecule has 162 valence electrons. The zero-order valence-corrected chi connectivity index (χ0v) is 18.1. The Morgan fingerprint density at radius 1 is 1.17 bits per heavy atom. The monoisotopic (exact) mass is 434 g/mol. The lowest BCUT2D eigenvalue weighted by atomic mass is 10.1. The van der Waals surface area contributed by atoms with Crippen molar-refractivity contribution in [3.63, 3.8) is 0 Å². The zero-order valence-electron chi connectivity index (χ0n) is 17.3. The smallest absolute Gasteiger partial charge is 0.241 e. The first kappa shape index (κ1) is 21.8. The molecule has 1 N–H and O–H groups in total. The molecule has 1 heterocycles. The Labute approximate surface area is 176 Å². The van der Waals surface area contributed by atoms with E-state index in [1.54, 1.807) is 30.3 Å². The van der Waals surface area contributed by atoms with Gasteiger partial charge in [-0.1, -0.05) is 12.1 Å². The highest BCUT2D eigenvalue weighted by atomic mass is 32.2. The minimum absolute atomic E-state index is 0.343. The zero-order chi connectivity index (χ0) is 21.7. The van der Waals surface area contributed by atoms with Gasteiger partial charge in [-0.2, -0.15) is 0 Å². The molecule has 0 saturated carbocycles. The van der Waals surface area contributed by atoms with Crippen molar-refractivity contribution in [3.05, 3.63) is 48.0 Å².